The molecule has 1 aliphatic heterocycles. The highest BCUT2D eigenvalue weighted by Gasteiger charge is 2.41. The Morgan fingerprint density at radius 3 is 2.86 bits per heavy atom. The molecule has 2 N–H and O–H groups in total. The molecule has 0 bridgehead atoms. The van der Waals surface area contributed by atoms with Gasteiger partial charge >= 0.3 is 5.97 Å². The largest absolute Gasteiger partial charge is 0.465 e. The van der Waals surface area contributed by atoms with Gasteiger partial charge in [0, 0.05) is 12.2 Å². The predicted octanol–water partition coefficient (Wildman–Crippen LogP) is 1.64. The lowest BCUT2D eigenvalue weighted by Crippen LogP contribution is -2.41. The Labute approximate surface area is 128 Å². The summed E-state index contributed by atoms with van der Waals surface area (Å²) >= 11 is 5.98. The van der Waals surface area contributed by atoms with Gasteiger partial charge in [-0.25, -0.2) is 8.42 Å². The van der Waals surface area contributed by atoms with Crippen LogP contribution in [0.25, 0.3) is 0 Å². The number of carbonyl (C=O) groups is 1. The highest BCUT2D eigenvalue weighted by atomic mass is 35.5. The van der Waals surface area contributed by atoms with E-state index in [9.17, 15) is 13.2 Å². The van der Waals surface area contributed by atoms with Gasteiger partial charge in [-0.1, -0.05) is 11.6 Å². The predicted molar refractivity (Wildman–Crippen MR) is 79.4 cm³/mol. The van der Waals surface area contributed by atoms with E-state index in [0.29, 0.717) is 18.5 Å². The molecule has 1 aliphatic rings. The van der Waals surface area contributed by atoms with Crippen molar-refractivity contribution >= 4 is 33.3 Å². The van der Waals surface area contributed by atoms with E-state index < -0.39 is 22.0 Å². The van der Waals surface area contributed by atoms with Crippen molar-refractivity contribution in [1.82, 2.24) is 4.31 Å². The molecule has 6 nitrogen and oxygen atoms in total. The van der Waals surface area contributed by atoms with E-state index in [1.165, 1.54) is 18.2 Å². The quantitative estimate of drug-likeness (QED) is 0.668. The minimum absolute atomic E-state index is 0.0458. The fourth-order valence-electron chi connectivity index (χ4n) is 2.35. The fourth-order valence-corrected chi connectivity index (χ4v) is 4.53. The monoisotopic (exact) mass is 332 g/mol. The molecule has 1 saturated heterocycles. The number of hydrogen-bond acceptors (Lipinski definition) is 5. The molecule has 1 aromatic rings. The second-order valence-corrected chi connectivity index (χ2v) is 6.98. The smallest absolute Gasteiger partial charge is 0.324 e. The molecule has 21 heavy (non-hydrogen) atoms. The van der Waals surface area contributed by atoms with Gasteiger partial charge < -0.3 is 10.5 Å². The molecular weight excluding hydrogens is 316 g/mol. The molecule has 0 radical (unpaired) electrons. The van der Waals surface area contributed by atoms with Gasteiger partial charge in [-0.15, -0.1) is 0 Å². The molecule has 1 unspecified atom stereocenters. The van der Waals surface area contributed by atoms with Crippen molar-refractivity contribution in [3.05, 3.63) is 23.2 Å². The summed E-state index contributed by atoms with van der Waals surface area (Å²) in [6.07, 6.45) is 1.06. The number of nitrogens with zero attached hydrogens (tertiary/aromatic N) is 1. The first-order valence-corrected chi connectivity index (χ1v) is 8.43. The summed E-state index contributed by atoms with van der Waals surface area (Å²) in [4.78, 5) is 11.8. The van der Waals surface area contributed by atoms with Crippen LogP contribution in [-0.4, -0.2) is 37.9 Å². The van der Waals surface area contributed by atoms with Crippen molar-refractivity contribution in [2.24, 2.45) is 0 Å². The molecule has 1 aromatic carbocycles. The first kappa shape index (κ1) is 16.1. The van der Waals surface area contributed by atoms with E-state index in [2.05, 4.69) is 0 Å². The number of halogens is 1. The zero-order valence-corrected chi connectivity index (χ0v) is 13.2. The molecule has 1 heterocycles. The number of anilines is 1. The molecule has 1 atom stereocenters. The number of carbonyl (C=O) groups excluding carboxylic acids is 1. The van der Waals surface area contributed by atoms with Crippen LogP contribution in [0.2, 0.25) is 5.02 Å². The Balaban J connectivity index is 2.36. The van der Waals surface area contributed by atoms with Gasteiger partial charge in [0.25, 0.3) is 0 Å². The van der Waals surface area contributed by atoms with E-state index in [0.717, 1.165) is 4.31 Å². The van der Waals surface area contributed by atoms with E-state index in [-0.39, 0.29) is 23.1 Å². The van der Waals surface area contributed by atoms with Gasteiger partial charge in [-0.3, -0.25) is 4.79 Å². The zero-order valence-electron chi connectivity index (χ0n) is 11.6. The molecule has 0 aromatic heterocycles. The summed E-state index contributed by atoms with van der Waals surface area (Å²) in [6, 6.07) is 3.41. The van der Waals surface area contributed by atoms with E-state index in [1.807, 2.05) is 0 Å². The normalized spacial score (nSPS) is 19.6. The van der Waals surface area contributed by atoms with Gasteiger partial charge in [0.2, 0.25) is 10.0 Å². The van der Waals surface area contributed by atoms with Crippen molar-refractivity contribution in [3.63, 3.8) is 0 Å². The summed E-state index contributed by atoms with van der Waals surface area (Å²) in [6.45, 7) is 2.17. The first-order valence-electron chi connectivity index (χ1n) is 6.61. The Morgan fingerprint density at radius 2 is 2.24 bits per heavy atom. The van der Waals surface area contributed by atoms with Crippen LogP contribution in [0.4, 0.5) is 5.69 Å². The number of benzene rings is 1. The van der Waals surface area contributed by atoms with E-state index in [4.69, 9.17) is 22.1 Å². The average molecular weight is 333 g/mol. The summed E-state index contributed by atoms with van der Waals surface area (Å²) in [5.41, 5.74) is 5.95. The van der Waals surface area contributed by atoms with E-state index in [1.54, 1.807) is 6.92 Å². The van der Waals surface area contributed by atoms with E-state index >= 15 is 0 Å². The van der Waals surface area contributed by atoms with Crippen molar-refractivity contribution in [2.75, 3.05) is 18.9 Å². The van der Waals surface area contributed by atoms with Crippen LogP contribution in [0.3, 0.4) is 0 Å². The molecular formula is C13H17ClN2O4S. The lowest BCUT2D eigenvalue weighted by molar-refractivity contribution is -0.146. The standard InChI is InChI=1S/C13H17ClN2O4S/c1-2-20-13(17)11-4-3-7-16(11)21(18,19)12-6-5-9(15)8-10(12)14/h5-6,8,11H,2-4,7,15H2,1H3. The van der Waals surface area contributed by atoms with Gasteiger partial charge in [0.05, 0.1) is 11.6 Å². The Kier molecular flexibility index (Phi) is 4.75. The highest BCUT2D eigenvalue weighted by Crippen LogP contribution is 2.31. The van der Waals surface area contributed by atoms with Crippen molar-refractivity contribution in [2.45, 2.75) is 30.7 Å². The number of ether oxygens (including phenoxy) is 1. The SMILES string of the molecule is CCOC(=O)C1CCCN1S(=O)(=O)c1ccc(N)cc1Cl. The third kappa shape index (κ3) is 3.14. The molecule has 8 heteroatoms. The Bertz CT molecular complexity index is 648. The molecule has 116 valence electrons. The Hall–Kier alpha value is -1.31. The Morgan fingerprint density at radius 1 is 1.52 bits per heavy atom. The summed E-state index contributed by atoms with van der Waals surface area (Å²) in [5.74, 6) is -0.523. The van der Waals surface area contributed by atoms with Crippen LogP contribution < -0.4 is 5.73 Å². The zero-order chi connectivity index (χ0) is 15.6. The fraction of sp³-hybridized carbons (Fsp3) is 0.462. The third-order valence-corrected chi connectivity index (χ3v) is 5.70. The van der Waals surface area contributed by atoms with Crippen LogP contribution in [0.15, 0.2) is 23.1 Å². The maximum Gasteiger partial charge on any atom is 0.324 e. The van der Waals surface area contributed by atoms with Gasteiger partial charge in [0.15, 0.2) is 0 Å². The summed E-state index contributed by atoms with van der Waals surface area (Å²) in [5, 5.41) is 0.0458. The molecule has 1 fully saturated rings. The molecule has 2 rings (SSSR count). The number of sulfonamides is 1. The lowest BCUT2D eigenvalue weighted by atomic mass is 10.2. The van der Waals surface area contributed by atoms with Crippen LogP contribution in [-0.2, 0) is 19.6 Å². The van der Waals surface area contributed by atoms with Gasteiger partial charge in [-0.05, 0) is 38.0 Å². The second-order valence-electron chi connectivity index (χ2n) is 4.72. The molecule has 0 spiro atoms. The third-order valence-electron chi connectivity index (χ3n) is 3.30. The van der Waals surface area contributed by atoms with Crippen LogP contribution >= 0.6 is 11.6 Å². The van der Waals surface area contributed by atoms with Crippen molar-refractivity contribution in [3.8, 4) is 0 Å². The number of esters is 1. The minimum atomic E-state index is -3.85. The topological polar surface area (TPSA) is 89.7 Å². The molecule has 0 aliphatic carbocycles. The van der Waals surface area contributed by atoms with Crippen molar-refractivity contribution < 1.29 is 17.9 Å². The molecule has 0 saturated carbocycles. The number of hydrogen-bond donors (Lipinski definition) is 1. The van der Waals surface area contributed by atoms with Crippen molar-refractivity contribution in [1.29, 1.82) is 0 Å². The van der Waals surface area contributed by atoms with Crippen LogP contribution in [0.5, 0.6) is 0 Å². The summed E-state index contributed by atoms with van der Waals surface area (Å²) in [7, 11) is -3.85. The number of nitrogen functional groups attached to an aromatic ring is 1. The summed E-state index contributed by atoms with van der Waals surface area (Å²) < 4.78 is 31.5. The number of rotatable bonds is 4. The maximum atomic E-state index is 12.7. The van der Waals surface area contributed by atoms with Crippen LogP contribution in [0, 0.1) is 0 Å². The van der Waals surface area contributed by atoms with Gasteiger partial charge in [-0.2, -0.15) is 4.31 Å². The first-order chi connectivity index (χ1) is 9.87. The highest BCUT2D eigenvalue weighted by molar-refractivity contribution is 7.89. The van der Waals surface area contributed by atoms with Gasteiger partial charge in [0.1, 0.15) is 10.9 Å². The average Bonchev–Trinajstić information content (AvgIpc) is 2.88. The minimum Gasteiger partial charge on any atom is -0.465 e. The van der Waals surface area contributed by atoms with Crippen LogP contribution in [0.1, 0.15) is 19.8 Å². The second kappa shape index (κ2) is 6.21. The lowest BCUT2D eigenvalue weighted by Gasteiger charge is -2.23. The maximum absolute atomic E-state index is 12.7. The number of nitrogens with two attached hydrogens (primary N) is 1. The molecule has 0 amide bonds.